The lowest BCUT2D eigenvalue weighted by Gasteiger charge is -2.30. The van der Waals surface area contributed by atoms with Crippen LogP contribution in [0.4, 0.5) is 0 Å². The van der Waals surface area contributed by atoms with E-state index in [0.717, 1.165) is 19.4 Å². The molecule has 0 aromatic rings. The summed E-state index contributed by atoms with van der Waals surface area (Å²) in [6.45, 7) is 5.76. The fourth-order valence-corrected chi connectivity index (χ4v) is 3.21. The van der Waals surface area contributed by atoms with Crippen molar-refractivity contribution in [3.63, 3.8) is 0 Å². The fraction of sp³-hybridized carbons (Fsp3) is 0.800. The molecule has 5 heteroatoms. The largest absolute Gasteiger partial charge is 0.319 e. The molecule has 0 aliphatic carbocycles. The van der Waals surface area contributed by atoms with Gasteiger partial charge in [-0.15, -0.1) is 6.58 Å². The molecule has 0 atom stereocenters. The van der Waals surface area contributed by atoms with Gasteiger partial charge in [0, 0.05) is 13.1 Å². The number of hydrogen-bond donors (Lipinski definition) is 1. The molecule has 0 spiro atoms. The zero-order valence-electron chi connectivity index (χ0n) is 9.28. The molecule has 0 amide bonds. The highest BCUT2D eigenvalue weighted by atomic mass is 32.2. The summed E-state index contributed by atoms with van der Waals surface area (Å²) >= 11 is 0. The van der Waals surface area contributed by atoms with Crippen LogP contribution in [0.25, 0.3) is 0 Å². The van der Waals surface area contributed by atoms with E-state index in [2.05, 4.69) is 11.9 Å². The van der Waals surface area contributed by atoms with Gasteiger partial charge in [0.05, 0.1) is 5.75 Å². The minimum atomic E-state index is -3.08. The van der Waals surface area contributed by atoms with Gasteiger partial charge < -0.3 is 5.32 Å². The van der Waals surface area contributed by atoms with E-state index in [4.69, 9.17) is 0 Å². The maximum absolute atomic E-state index is 11.7. The van der Waals surface area contributed by atoms with Gasteiger partial charge >= 0.3 is 0 Å². The Kier molecular flexibility index (Phi) is 4.76. The van der Waals surface area contributed by atoms with Crippen LogP contribution in [0, 0.1) is 5.92 Å². The van der Waals surface area contributed by atoms with E-state index < -0.39 is 10.0 Å². The third-order valence-corrected chi connectivity index (χ3v) is 4.60. The SMILES string of the molecule is C=CCS(=O)(=O)N1CCC(CNC)CC1. The van der Waals surface area contributed by atoms with Gasteiger partial charge in [0.25, 0.3) is 0 Å². The quantitative estimate of drug-likeness (QED) is 0.700. The lowest BCUT2D eigenvalue weighted by Crippen LogP contribution is -2.41. The number of sulfonamides is 1. The van der Waals surface area contributed by atoms with Gasteiger partial charge in [0.1, 0.15) is 0 Å². The first-order chi connectivity index (χ1) is 7.10. The molecule has 0 unspecified atom stereocenters. The summed E-state index contributed by atoms with van der Waals surface area (Å²) < 4.78 is 25.0. The first kappa shape index (κ1) is 12.7. The van der Waals surface area contributed by atoms with Crippen molar-refractivity contribution in [3.8, 4) is 0 Å². The predicted octanol–water partition coefficient (Wildman–Crippen LogP) is 0.434. The first-order valence-electron chi connectivity index (χ1n) is 5.33. The summed E-state index contributed by atoms with van der Waals surface area (Å²) in [6.07, 6.45) is 3.36. The zero-order valence-corrected chi connectivity index (χ0v) is 10.1. The summed E-state index contributed by atoms with van der Waals surface area (Å²) in [7, 11) is -1.15. The van der Waals surface area contributed by atoms with Crippen molar-refractivity contribution >= 4 is 10.0 Å². The van der Waals surface area contributed by atoms with Crippen LogP contribution in [0.2, 0.25) is 0 Å². The van der Waals surface area contributed by atoms with E-state index in [9.17, 15) is 8.42 Å². The highest BCUT2D eigenvalue weighted by Crippen LogP contribution is 2.19. The number of hydrogen-bond acceptors (Lipinski definition) is 3. The molecule has 1 heterocycles. The average molecular weight is 232 g/mol. The van der Waals surface area contributed by atoms with E-state index in [1.54, 1.807) is 4.31 Å². The Hall–Kier alpha value is -0.390. The van der Waals surface area contributed by atoms with E-state index in [0.29, 0.717) is 19.0 Å². The van der Waals surface area contributed by atoms with Gasteiger partial charge in [-0.25, -0.2) is 12.7 Å². The van der Waals surface area contributed by atoms with Gasteiger partial charge in [-0.1, -0.05) is 6.08 Å². The van der Waals surface area contributed by atoms with Crippen molar-refractivity contribution in [1.82, 2.24) is 9.62 Å². The van der Waals surface area contributed by atoms with Crippen LogP contribution in [0.1, 0.15) is 12.8 Å². The lowest BCUT2D eigenvalue weighted by atomic mass is 9.98. The fourth-order valence-electron chi connectivity index (χ4n) is 1.93. The van der Waals surface area contributed by atoms with Gasteiger partial charge in [0.2, 0.25) is 10.0 Å². The summed E-state index contributed by atoms with van der Waals surface area (Å²) in [5.41, 5.74) is 0. The molecule has 0 aromatic carbocycles. The van der Waals surface area contributed by atoms with Gasteiger partial charge in [-0.2, -0.15) is 0 Å². The third-order valence-electron chi connectivity index (χ3n) is 2.79. The molecule has 0 bridgehead atoms. The Labute approximate surface area is 92.4 Å². The van der Waals surface area contributed by atoms with Crippen LogP contribution in [-0.2, 0) is 10.0 Å². The van der Waals surface area contributed by atoms with E-state index in [1.807, 2.05) is 7.05 Å². The van der Waals surface area contributed by atoms with Crippen LogP contribution in [0.3, 0.4) is 0 Å². The molecule has 0 radical (unpaired) electrons. The van der Waals surface area contributed by atoms with Crippen molar-refractivity contribution in [3.05, 3.63) is 12.7 Å². The monoisotopic (exact) mass is 232 g/mol. The Morgan fingerprint density at radius 1 is 1.47 bits per heavy atom. The summed E-state index contributed by atoms with van der Waals surface area (Å²) in [4.78, 5) is 0. The minimum Gasteiger partial charge on any atom is -0.319 e. The van der Waals surface area contributed by atoms with Crippen molar-refractivity contribution in [1.29, 1.82) is 0 Å². The molecule has 1 aliphatic heterocycles. The molecule has 4 nitrogen and oxygen atoms in total. The first-order valence-corrected chi connectivity index (χ1v) is 6.94. The van der Waals surface area contributed by atoms with E-state index in [1.165, 1.54) is 6.08 Å². The average Bonchev–Trinajstić information content (AvgIpc) is 2.19. The second-order valence-corrected chi connectivity index (χ2v) is 5.98. The maximum atomic E-state index is 11.7. The lowest BCUT2D eigenvalue weighted by molar-refractivity contribution is 0.271. The Morgan fingerprint density at radius 2 is 2.07 bits per heavy atom. The third kappa shape index (κ3) is 3.59. The molecule has 0 aromatic heterocycles. The second kappa shape index (κ2) is 5.63. The molecule has 1 saturated heterocycles. The number of rotatable bonds is 5. The minimum absolute atomic E-state index is 0.0592. The molecule has 0 saturated carbocycles. The van der Waals surface area contributed by atoms with Crippen molar-refractivity contribution < 1.29 is 8.42 Å². The van der Waals surface area contributed by atoms with Gasteiger partial charge in [0.15, 0.2) is 0 Å². The van der Waals surface area contributed by atoms with Gasteiger partial charge in [-0.3, -0.25) is 0 Å². The molecular formula is C10H20N2O2S. The topological polar surface area (TPSA) is 49.4 Å². The summed E-state index contributed by atoms with van der Waals surface area (Å²) in [6, 6.07) is 0. The normalized spacial score (nSPS) is 20.3. The van der Waals surface area contributed by atoms with Crippen LogP contribution >= 0.6 is 0 Å². The van der Waals surface area contributed by atoms with Crippen LogP contribution in [-0.4, -0.2) is 45.2 Å². The predicted molar refractivity (Wildman–Crippen MR) is 62.2 cm³/mol. The second-order valence-electron chi connectivity index (χ2n) is 3.97. The highest BCUT2D eigenvalue weighted by Gasteiger charge is 2.26. The van der Waals surface area contributed by atoms with E-state index in [-0.39, 0.29) is 5.75 Å². The standard InChI is InChI=1S/C10H20N2O2S/c1-3-8-15(13,14)12-6-4-10(5-7-12)9-11-2/h3,10-11H,1,4-9H2,2H3. The number of nitrogens with one attached hydrogen (secondary N) is 1. The number of nitrogens with zero attached hydrogens (tertiary/aromatic N) is 1. The van der Waals surface area contributed by atoms with Gasteiger partial charge in [-0.05, 0) is 32.4 Å². The maximum Gasteiger partial charge on any atom is 0.217 e. The summed E-state index contributed by atoms with van der Waals surface area (Å²) in [5.74, 6) is 0.675. The molecular weight excluding hydrogens is 212 g/mol. The molecule has 88 valence electrons. The van der Waals surface area contributed by atoms with Crippen molar-refractivity contribution in [2.75, 3.05) is 32.4 Å². The molecule has 1 rings (SSSR count). The van der Waals surface area contributed by atoms with Crippen molar-refractivity contribution in [2.45, 2.75) is 12.8 Å². The molecule has 1 aliphatic rings. The van der Waals surface area contributed by atoms with E-state index >= 15 is 0 Å². The van der Waals surface area contributed by atoms with Crippen LogP contribution in [0.15, 0.2) is 12.7 Å². The smallest absolute Gasteiger partial charge is 0.217 e. The Morgan fingerprint density at radius 3 is 2.53 bits per heavy atom. The van der Waals surface area contributed by atoms with Crippen LogP contribution < -0.4 is 5.32 Å². The number of piperidine rings is 1. The van der Waals surface area contributed by atoms with Crippen LogP contribution in [0.5, 0.6) is 0 Å². The van der Waals surface area contributed by atoms with Crippen molar-refractivity contribution in [2.24, 2.45) is 5.92 Å². The Balaban J connectivity index is 2.46. The summed E-state index contributed by atoms with van der Waals surface area (Å²) in [5, 5.41) is 3.13. The molecule has 1 N–H and O–H groups in total. The highest BCUT2D eigenvalue weighted by molar-refractivity contribution is 7.89. The molecule has 15 heavy (non-hydrogen) atoms. The Bertz CT molecular complexity index is 293. The molecule has 1 fully saturated rings. The zero-order chi connectivity index (χ0) is 11.3.